The molecule has 0 spiro atoms. The fraction of sp³-hybridized carbons (Fsp3) is 0.625. The maximum absolute atomic E-state index is 11.9. The van der Waals surface area contributed by atoms with Crippen molar-refractivity contribution in [1.82, 2.24) is 0 Å². The van der Waals surface area contributed by atoms with E-state index in [0.717, 1.165) is 18.4 Å². The molecule has 2 amide bonds. The highest BCUT2D eigenvalue weighted by atomic mass is 32.1. The summed E-state index contributed by atoms with van der Waals surface area (Å²) < 4.78 is 10.0. The van der Waals surface area contributed by atoms with Gasteiger partial charge in [0.25, 0.3) is 11.8 Å². The molecule has 23 heavy (non-hydrogen) atoms. The lowest BCUT2D eigenvalue weighted by Gasteiger charge is -2.21. The van der Waals surface area contributed by atoms with Crippen molar-refractivity contribution >= 4 is 28.2 Å². The Kier molecular flexibility index (Phi) is 7.01. The maximum atomic E-state index is 11.9. The molecule has 0 atom stereocenters. The highest BCUT2D eigenvalue weighted by Crippen LogP contribution is 2.39. The van der Waals surface area contributed by atoms with Gasteiger partial charge in [-0.05, 0) is 29.7 Å². The topological polar surface area (TPSA) is 90.7 Å². The van der Waals surface area contributed by atoms with Crippen molar-refractivity contribution in [3.05, 3.63) is 16.5 Å². The van der Waals surface area contributed by atoms with Crippen LogP contribution in [0, 0.1) is 0 Å². The molecule has 0 aromatic carbocycles. The van der Waals surface area contributed by atoms with Crippen LogP contribution in [-0.2, 0) is 14.3 Å². The predicted octanol–water partition coefficient (Wildman–Crippen LogP) is 2.50. The molecular formula is C16H24N2O4S. The fourth-order valence-electron chi connectivity index (χ4n) is 2.90. The molecule has 0 bridgehead atoms. The molecule has 1 aliphatic rings. The molecule has 7 heteroatoms. The molecule has 1 aromatic rings. The standard InChI is InChI=1S/C16H24N2O4S/c1-21-7-8-22-9-13(19)18-16-14(15(17)20)12(10-23-16)11-5-3-2-4-6-11/h10-11H,2-9H2,1H3,(H2,17,20)(H,18,19). The second kappa shape index (κ2) is 9.00. The van der Waals surface area contributed by atoms with Crippen LogP contribution in [0.1, 0.15) is 53.9 Å². The number of primary amides is 1. The predicted molar refractivity (Wildman–Crippen MR) is 90.0 cm³/mol. The number of methoxy groups -OCH3 is 1. The number of rotatable bonds is 8. The molecule has 0 aliphatic heterocycles. The SMILES string of the molecule is COCCOCC(=O)Nc1scc(C2CCCCC2)c1C(N)=O. The minimum absolute atomic E-state index is 0.0712. The van der Waals surface area contributed by atoms with Gasteiger partial charge in [0.15, 0.2) is 0 Å². The van der Waals surface area contributed by atoms with Gasteiger partial charge in [-0.1, -0.05) is 19.3 Å². The minimum atomic E-state index is -0.484. The van der Waals surface area contributed by atoms with Crippen molar-refractivity contribution in [1.29, 1.82) is 0 Å². The molecule has 6 nitrogen and oxygen atoms in total. The molecule has 0 saturated heterocycles. The summed E-state index contributed by atoms with van der Waals surface area (Å²) in [6.45, 7) is 0.716. The smallest absolute Gasteiger partial charge is 0.251 e. The van der Waals surface area contributed by atoms with Crippen LogP contribution in [0.3, 0.4) is 0 Å². The van der Waals surface area contributed by atoms with E-state index in [9.17, 15) is 9.59 Å². The summed E-state index contributed by atoms with van der Waals surface area (Å²) in [6.07, 6.45) is 5.74. The molecular weight excluding hydrogens is 316 g/mol. The number of hydrogen-bond acceptors (Lipinski definition) is 5. The second-order valence-corrected chi connectivity index (χ2v) is 6.57. The van der Waals surface area contributed by atoms with Crippen LogP contribution < -0.4 is 11.1 Å². The van der Waals surface area contributed by atoms with E-state index in [0.29, 0.717) is 29.7 Å². The number of carbonyl (C=O) groups excluding carboxylic acids is 2. The van der Waals surface area contributed by atoms with E-state index >= 15 is 0 Å². The lowest BCUT2D eigenvalue weighted by atomic mass is 9.83. The first-order chi connectivity index (χ1) is 11.1. The molecule has 0 unspecified atom stereocenters. The van der Waals surface area contributed by atoms with Crippen molar-refractivity contribution in [2.24, 2.45) is 5.73 Å². The summed E-state index contributed by atoms with van der Waals surface area (Å²) in [7, 11) is 1.57. The van der Waals surface area contributed by atoms with Gasteiger partial charge in [-0.25, -0.2) is 0 Å². The van der Waals surface area contributed by atoms with Crippen molar-refractivity contribution in [3.8, 4) is 0 Å². The van der Waals surface area contributed by atoms with Gasteiger partial charge in [-0.2, -0.15) is 0 Å². The van der Waals surface area contributed by atoms with Gasteiger partial charge in [0.05, 0.1) is 18.8 Å². The monoisotopic (exact) mass is 340 g/mol. The average Bonchev–Trinajstić information content (AvgIpc) is 2.96. The second-order valence-electron chi connectivity index (χ2n) is 5.69. The molecule has 128 valence electrons. The first kappa shape index (κ1) is 17.9. The molecule has 1 heterocycles. The number of thiophene rings is 1. The van der Waals surface area contributed by atoms with Crippen LogP contribution >= 0.6 is 11.3 Å². The zero-order valence-corrected chi connectivity index (χ0v) is 14.2. The van der Waals surface area contributed by atoms with Crippen LogP contribution in [-0.4, -0.2) is 38.7 Å². The molecule has 1 aliphatic carbocycles. The zero-order chi connectivity index (χ0) is 16.7. The Hall–Kier alpha value is -1.44. The van der Waals surface area contributed by atoms with Gasteiger partial charge in [0.1, 0.15) is 11.6 Å². The number of nitrogens with one attached hydrogen (secondary N) is 1. The highest BCUT2D eigenvalue weighted by molar-refractivity contribution is 7.15. The largest absolute Gasteiger partial charge is 0.382 e. The normalized spacial score (nSPS) is 15.5. The third kappa shape index (κ3) is 5.02. The molecule has 0 radical (unpaired) electrons. The molecule has 1 aromatic heterocycles. The molecule has 3 N–H and O–H groups in total. The third-order valence-corrected chi connectivity index (χ3v) is 4.94. The van der Waals surface area contributed by atoms with Crippen LogP contribution in [0.2, 0.25) is 0 Å². The summed E-state index contributed by atoms with van der Waals surface area (Å²) in [5, 5.41) is 5.22. The number of amides is 2. The van der Waals surface area contributed by atoms with Gasteiger partial charge in [-0.3, -0.25) is 9.59 Å². The van der Waals surface area contributed by atoms with E-state index in [4.69, 9.17) is 15.2 Å². The van der Waals surface area contributed by atoms with E-state index in [2.05, 4.69) is 5.32 Å². The minimum Gasteiger partial charge on any atom is -0.382 e. The lowest BCUT2D eigenvalue weighted by Crippen LogP contribution is -2.22. The summed E-state index contributed by atoms with van der Waals surface area (Å²) in [4.78, 5) is 23.8. The lowest BCUT2D eigenvalue weighted by molar-refractivity contribution is -0.121. The van der Waals surface area contributed by atoms with Gasteiger partial charge >= 0.3 is 0 Å². The Labute approximate surface area is 140 Å². The molecule has 1 fully saturated rings. The van der Waals surface area contributed by atoms with Gasteiger partial charge in [0.2, 0.25) is 0 Å². The Bertz CT molecular complexity index is 538. The van der Waals surface area contributed by atoms with E-state index < -0.39 is 5.91 Å². The number of anilines is 1. The molecule has 2 rings (SSSR count). The summed E-state index contributed by atoms with van der Waals surface area (Å²) in [6, 6.07) is 0. The first-order valence-corrected chi connectivity index (χ1v) is 8.79. The summed E-state index contributed by atoms with van der Waals surface area (Å²) in [5.74, 6) is -0.408. The number of nitrogens with two attached hydrogens (primary N) is 1. The van der Waals surface area contributed by atoms with Crippen LogP contribution in [0.15, 0.2) is 5.38 Å². The van der Waals surface area contributed by atoms with Gasteiger partial charge in [0, 0.05) is 7.11 Å². The van der Waals surface area contributed by atoms with Gasteiger partial charge < -0.3 is 20.5 Å². The molecule has 1 saturated carbocycles. The van der Waals surface area contributed by atoms with Crippen molar-refractivity contribution in [3.63, 3.8) is 0 Å². The van der Waals surface area contributed by atoms with E-state index in [1.54, 1.807) is 7.11 Å². The Morgan fingerprint density at radius 3 is 2.70 bits per heavy atom. The summed E-state index contributed by atoms with van der Waals surface area (Å²) >= 11 is 1.36. The highest BCUT2D eigenvalue weighted by Gasteiger charge is 2.25. The van der Waals surface area contributed by atoms with Crippen molar-refractivity contribution < 1.29 is 19.1 Å². The van der Waals surface area contributed by atoms with Crippen molar-refractivity contribution in [2.45, 2.75) is 38.0 Å². The van der Waals surface area contributed by atoms with Crippen LogP contribution in [0.5, 0.6) is 0 Å². The Balaban J connectivity index is 2.02. The zero-order valence-electron chi connectivity index (χ0n) is 13.4. The van der Waals surface area contributed by atoms with Crippen molar-refractivity contribution in [2.75, 3.05) is 32.2 Å². The Morgan fingerprint density at radius 1 is 1.30 bits per heavy atom. The van der Waals surface area contributed by atoms with E-state index in [1.807, 2.05) is 5.38 Å². The third-order valence-electron chi connectivity index (χ3n) is 4.03. The number of ether oxygens (including phenoxy) is 2. The summed E-state index contributed by atoms with van der Waals surface area (Å²) in [5.41, 5.74) is 7.00. The fourth-order valence-corrected chi connectivity index (χ4v) is 3.97. The van der Waals surface area contributed by atoms with Gasteiger partial charge in [-0.15, -0.1) is 11.3 Å². The first-order valence-electron chi connectivity index (χ1n) is 7.91. The van der Waals surface area contributed by atoms with E-state index in [1.165, 1.54) is 30.6 Å². The van der Waals surface area contributed by atoms with Crippen LogP contribution in [0.25, 0.3) is 0 Å². The van der Waals surface area contributed by atoms with Crippen LogP contribution in [0.4, 0.5) is 5.00 Å². The maximum Gasteiger partial charge on any atom is 0.251 e. The average molecular weight is 340 g/mol. The Morgan fingerprint density at radius 2 is 2.04 bits per heavy atom. The number of hydrogen-bond donors (Lipinski definition) is 2. The number of carbonyl (C=O) groups is 2. The quantitative estimate of drug-likeness (QED) is 0.711. The van der Waals surface area contributed by atoms with E-state index in [-0.39, 0.29) is 12.5 Å².